The van der Waals surface area contributed by atoms with Crippen LogP contribution in [0.4, 0.5) is 0 Å². The number of nitriles is 1. The van der Waals surface area contributed by atoms with Crippen LogP contribution < -0.4 is 0 Å². The molecule has 48 heavy (non-hydrogen) atoms. The number of aromatic nitrogens is 5. The minimum Gasteiger partial charge on any atom is -0.414 e. The molecule has 10 nitrogen and oxygen atoms in total. The molecule has 3 aromatic heterocycles. The fourth-order valence-electron chi connectivity index (χ4n) is 5.26. The first-order chi connectivity index (χ1) is 21.9. The molecule has 4 atom stereocenters. The standard InChI is InChI=1S/C35H56N6O4Si3/c1-33(2,3)46(10,11)42-20-26-28(44-47(12,13)34(4,5)6)29(45-48(14,15)35(7,8)9)32(43-26)41-21-37-27-30(41)38-22-40-25-18-23(19-36)16-17-24(25)39-31(27)40/h16-18,21-22,26,28-29,32H,20H2,1-15H3/t26-,28-,29-,32-/m1/s1. The van der Waals surface area contributed by atoms with Gasteiger partial charge < -0.3 is 18.0 Å². The average Bonchev–Trinajstić information content (AvgIpc) is 3.63. The zero-order chi connectivity index (χ0) is 35.8. The smallest absolute Gasteiger partial charge is 0.192 e. The first kappa shape index (κ1) is 36.8. The fraction of sp³-hybridized carbons (Fsp3) is 0.657. The molecule has 0 aliphatic carbocycles. The topological polar surface area (TPSA) is 109 Å². The van der Waals surface area contributed by atoms with E-state index >= 15 is 0 Å². The third kappa shape index (κ3) is 6.57. The van der Waals surface area contributed by atoms with Gasteiger partial charge in [0.1, 0.15) is 24.6 Å². The van der Waals surface area contributed by atoms with E-state index < -0.39 is 37.3 Å². The minimum atomic E-state index is -2.32. The summed E-state index contributed by atoms with van der Waals surface area (Å²) in [7, 11) is -6.71. The second kappa shape index (κ2) is 12.1. The van der Waals surface area contributed by atoms with Crippen LogP contribution in [0, 0.1) is 11.3 Å². The third-order valence-corrected chi connectivity index (χ3v) is 25.0. The van der Waals surface area contributed by atoms with E-state index in [1.165, 1.54) is 0 Å². The number of hydrogen-bond acceptors (Lipinski definition) is 8. The molecule has 1 fully saturated rings. The van der Waals surface area contributed by atoms with Crippen LogP contribution in [0.3, 0.4) is 0 Å². The second-order valence-corrected chi connectivity index (χ2v) is 32.3. The van der Waals surface area contributed by atoms with Crippen LogP contribution in [-0.4, -0.2) is 73.8 Å². The lowest BCUT2D eigenvalue weighted by Gasteiger charge is -2.44. The number of rotatable bonds is 8. The van der Waals surface area contributed by atoms with Crippen molar-refractivity contribution >= 4 is 52.8 Å². The van der Waals surface area contributed by atoms with Crippen molar-refractivity contribution in [1.29, 1.82) is 5.26 Å². The van der Waals surface area contributed by atoms with Crippen LogP contribution in [0.25, 0.3) is 27.8 Å². The van der Waals surface area contributed by atoms with Gasteiger partial charge in [0.05, 0.1) is 35.6 Å². The van der Waals surface area contributed by atoms with Crippen molar-refractivity contribution in [3.05, 3.63) is 36.4 Å². The van der Waals surface area contributed by atoms with E-state index in [2.05, 4.69) is 108 Å². The van der Waals surface area contributed by atoms with E-state index in [1.807, 2.05) is 21.1 Å². The Balaban J connectivity index is 1.65. The molecule has 0 N–H and O–H groups in total. The van der Waals surface area contributed by atoms with Crippen LogP contribution in [0.1, 0.15) is 74.1 Å². The summed E-state index contributed by atoms with van der Waals surface area (Å²) < 4.78 is 32.5. The molecule has 0 unspecified atom stereocenters. The van der Waals surface area contributed by atoms with Crippen molar-refractivity contribution in [2.75, 3.05) is 6.61 Å². The van der Waals surface area contributed by atoms with Crippen molar-refractivity contribution in [3.63, 3.8) is 0 Å². The Labute approximate surface area is 289 Å². The first-order valence-corrected chi connectivity index (χ1v) is 25.8. The minimum absolute atomic E-state index is 0.0135. The number of ether oxygens (including phenoxy) is 1. The van der Waals surface area contributed by atoms with Gasteiger partial charge in [-0.3, -0.25) is 8.97 Å². The van der Waals surface area contributed by atoms with E-state index in [1.54, 1.807) is 18.7 Å². The van der Waals surface area contributed by atoms with Gasteiger partial charge in [0.25, 0.3) is 0 Å². The van der Waals surface area contributed by atoms with Crippen LogP contribution in [0.5, 0.6) is 0 Å². The van der Waals surface area contributed by atoms with Gasteiger partial charge in [0, 0.05) is 0 Å². The molecule has 1 saturated heterocycles. The fourth-order valence-corrected chi connectivity index (χ4v) is 8.88. The largest absolute Gasteiger partial charge is 0.414 e. The number of imidazole rings is 2. The summed E-state index contributed by atoms with van der Waals surface area (Å²) in [6, 6.07) is 7.70. The highest BCUT2D eigenvalue weighted by Gasteiger charge is 2.55. The number of hydrogen-bond donors (Lipinski definition) is 0. The molecular formula is C35H56N6O4Si3. The maximum atomic E-state index is 9.49. The zero-order valence-electron chi connectivity index (χ0n) is 31.7. The molecule has 0 saturated carbocycles. The Bertz CT molecular complexity index is 1860. The molecule has 4 aromatic rings. The van der Waals surface area contributed by atoms with Crippen LogP contribution in [0.15, 0.2) is 30.9 Å². The van der Waals surface area contributed by atoms with E-state index in [0.29, 0.717) is 29.0 Å². The van der Waals surface area contributed by atoms with Gasteiger partial charge in [-0.05, 0) is 72.6 Å². The van der Waals surface area contributed by atoms with Gasteiger partial charge in [0.15, 0.2) is 48.0 Å². The molecule has 13 heteroatoms. The normalized spacial score (nSPS) is 21.9. The molecule has 0 bridgehead atoms. The first-order valence-electron chi connectivity index (χ1n) is 17.1. The summed E-state index contributed by atoms with van der Waals surface area (Å²) in [6.07, 6.45) is 1.89. The van der Waals surface area contributed by atoms with E-state index in [4.69, 9.17) is 33.0 Å². The predicted octanol–water partition coefficient (Wildman–Crippen LogP) is 8.80. The molecule has 1 aliphatic rings. The Morgan fingerprint density at radius 3 is 1.94 bits per heavy atom. The molecule has 5 rings (SSSR count). The van der Waals surface area contributed by atoms with Gasteiger partial charge in [-0.1, -0.05) is 62.3 Å². The van der Waals surface area contributed by atoms with Crippen LogP contribution >= 0.6 is 0 Å². The quantitative estimate of drug-likeness (QED) is 0.167. The Morgan fingerprint density at radius 1 is 0.792 bits per heavy atom. The summed E-state index contributed by atoms with van der Waals surface area (Å²) >= 11 is 0. The third-order valence-electron chi connectivity index (χ3n) is 11.5. The van der Waals surface area contributed by atoms with Crippen molar-refractivity contribution in [2.45, 2.75) is 141 Å². The maximum Gasteiger partial charge on any atom is 0.192 e. The highest BCUT2D eigenvalue weighted by molar-refractivity contribution is 6.75. The summed E-state index contributed by atoms with van der Waals surface area (Å²) in [5.74, 6) is 0. The lowest BCUT2D eigenvalue weighted by Crippen LogP contribution is -2.54. The summed E-state index contributed by atoms with van der Waals surface area (Å²) in [4.78, 5) is 14.7. The van der Waals surface area contributed by atoms with Crippen LogP contribution in [-0.2, 0) is 18.0 Å². The van der Waals surface area contributed by atoms with Crippen molar-refractivity contribution < 1.29 is 18.0 Å². The number of benzene rings is 1. The lowest BCUT2D eigenvalue weighted by atomic mass is 10.1. The average molecular weight is 709 g/mol. The number of fused-ring (bicyclic) bond motifs is 5. The highest BCUT2D eigenvalue weighted by Crippen LogP contribution is 2.47. The van der Waals surface area contributed by atoms with Crippen molar-refractivity contribution in [2.24, 2.45) is 0 Å². The van der Waals surface area contributed by atoms with Crippen molar-refractivity contribution in [1.82, 2.24) is 23.9 Å². The van der Waals surface area contributed by atoms with E-state index in [-0.39, 0.29) is 27.3 Å². The Kier molecular flexibility index (Phi) is 9.29. The molecule has 4 heterocycles. The summed E-state index contributed by atoms with van der Waals surface area (Å²) in [5.41, 5.74) is 4.15. The molecular weight excluding hydrogens is 653 g/mol. The zero-order valence-corrected chi connectivity index (χ0v) is 34.7. The molecule has 262 valence electrons. The predicted molar refractivity (Wildman–Crippen MR) is 200 cm³/mol. The second-order valence-electron chi connectivity index (χ2n) is 18.0. The van der Waals surface area contributed by atoms with Gasteiger partial charge in [-0.25, -0.2) is 15.0 Å². The monoisotopic (exact) mass is 708 g/mol. The van der Waals surface area contributed by atoms with Crippen LogP contribution in [0.2, 0.25) is 54.4 Å². The number of nitrogens with zero attached hydrogens (tertiary/aromatic N) is 6. The molecule has 0 spiro atoms. The SMILES string of the molecule is CC(C)(C)[Si](C)(C)OC[C@H]1O[C@@H](n2cnc3c2ncn2c4cc(C#N)ccc4nc32)[C@H](O[Si](C)(C)C(C)(C)C)[C@@H]1O[Si](C)(C)C(C)(C)C. The van der Waals surface area contributed by atoms with Gasteiger partial charge in [0.2, 0.25) is 0 Å². The molecule has 1 aromatic carbocycles. The van der Waals surface area contributed by atoms with Gasteiger partial charge in [-0.2, -0.15) is 5.26 Å². The molecule has 0 amide bonds. The Morgan fingerprint density at radius 2 is 1.38 bits per heavy atom. The highest BCUT2D eigenvalue weighted by atomic mass is 28.4. The molecule has 0 radical (unpaired) electrons. The lowest BCUT2D eigenvalue weighted by molar-refractivity contribution is -0.0470. The van der Waals surface area contributed by atoms with E-state index in [9.17, 15) is 5.26 Å². The van der Waals surface area contributed by atoms with E-state index in [0.717, 1.165) is 11.0 Å². The van der Waals surface area contributed by atoms with Gasteiger partial charge in [-0.15, -0.1) is 0 Å². The van der Waals surface area contributed by atoms with Crippen molar-refractivity contribution in [3.8, 4) is 6.07 Å². The Hall–Kier alpha value is -2.45. The molecule has 1 aliphatic heterocycles. The van der Waals surface area contributed by atoms with Gasteiger partial charge >= 0.3 is 0 Å². The summed E-state index contributed by atoms with van der Waals surface area (Å²) in [6.45, 7) is 34.5. The maximum absolute atomic E-state index is 9.49. The summed E-state index contributed by atoms with van der Waals surface area (Å²) in [5, 5.41) is 9.49.